The number of rotatable bonds is 14. The standard InChI is InChI=1S/C28H31N5O3S2.C27H30N6O3S2/c1-18-12-21(14-29)13-19(2)26(18)36-27-24-16-37-17-25(24)31-28(32-27)30-22-8-10-33(11-9-22)15-20-4-6-23(7-5-20)38(3,34)35;1-17-11-20(13-28)12-18(2)25(17)36-26-23-15-37-16-24(23)31-27(32-26)30-21-7-9-33(10-8-21)14-19-3-5-22(6-4-19)38(29,34)35/h4-7,12-13,22H,8-11,15-17H2,1-3H3,(H,30,31,32);3-6,11-12,21H,7-10,14-16H2,1-2H3,(H2,29,34,35)(H,30,31,32). The van der Waals surface area contributed by atoms with Crippen LogP contribution in [0, 0.1) is 50.4 Å². The zero-order chi connectivity index (χ0) is 53.7. The lowest BCUT2D eigenvalue weighted by Crippen LogP contribution is -2.39. The maximum Gasteiger partial charge on any atom is 0.238 e. The summed E-state index contributed by atoms with van der Waals surface area (Å²) in [6.45, 7) is 13.0. The van der Waals surface area contributed by atoms with E-state index in [1.165, 1.54) is 6.26 Å². The summed E-state index contributed by atoms with van der Waals surface area (Å²) >= 11 is 3.61. The van der Waals surface area contributed by atoms with Crippen LogP contribution in [0.4, 0.5) is 11.9 Å². The number of anilines is 2. The van der Waals surface area contributed by atoms with Crippen LogP contribution in [0.2, 0.25) is 0 Å². The fraction of sp³-hybridized carbons (Fsp3) is 0.382. The van der Waals surface area contributed by atoms with Crippen molar-refractivity contribution in [3.63, 3.8) is 0 Å². The van der Waals surface area contributed by atoms with Crippen molar-refractivity contribution in [2.45, 2.75) is 111 Å². The molecule has 0 saturated carbocycles. The van der Waals surface area contributed by atoms with Crippen molar-refractivity contribution in [2.24, 2.45) is 5.14 Å². The average molecular weight is 1100 g/mol. The zero-order valence-electron chi connectivity index (χ0n) is 43.2. The number of aryl methyl sites for hydroxylation is 4. The Morgan fingerprint density at radius 3 is 1.30 bits per heavy atom. The number of nitrogens with one attached hydrogen (secondary N) is 2. The van der Waals surface area contributed by atoms with Gasteiger partial charge in [-0.1, -0.05) is 24.3 Å². The Labute approximate surface area is 454 Å². The third-order valence-electron chi connectivity index (χ3n) is 13.9. The summed E-state index contributed by atoms with van der Waals surface area (Å²) in [6.07, 6.45) is 5.03. The predicted molar refractivity (Wildman–Crippen MR) is 297 cm³/mol. The molecule has 4 aliphatic heterocycles. The van der Waals surface area contributed by atoms with E-state index >= 15 is 0 Å². The Kier molecular flexibility index (Phi) is 16.9. The van der Waals surface area contributed by atoms with Crippen LogP contribution in [-0.2, 0) is 56.0 Å². The first kappa shape index (κ1) is 54.5. The number of sulfonamides is 1. The number of hydrogen-bond donors (Lipinski definition) is 3. The summed E-state index contributed by atoms with van der Waals surface area (Å²) < 4.78 is 59.1. The third-order valence-corrected chi connectivity index (χ3v) is 17.9. The molecule has 2 saturated heterocycles. The molecule has 0 radical (unpaired) electrons. The van der Waals surface area contributed by atoms with E-state index in [-0.39, 0.29) is 17.0 Å². The molecule has 0 unspecified atom stereocenters. The van der Waals surface area contributed by atoms with E-state index in [1.807, 2.05) is 76.2 Å². The van der Waals surface area contributed by atoms with Gasteiger partial charge in [-0.3, -0.25) is 9.80 Å². The number of fused-ring (bicyclic) bond motifs is 2. The fourth-order valence-corrected chi connectivity index (χ4v) is 13.1. The molecule has 4 N–H and O–H groups in total. The summed E-state index contributed by atoms with van der Waals surface area (Å²) in [7, 11) is -6.86. The number of primary sulfonamides is 1. The molecule has 6 heterocycles. The van der Waals surface area contributed by atoms with Gasteiger partial charge in [0.2, 0.25) is 33.7 Å². The van der Waals surface area contributed by atoms with Gasteiger partial charge in [0.25, 0.3) is 0 Å². The number of sulfone groups is 1. The molecular formula is C55H61N11O6S4. The van der Waals surface area contributed by atoms with Crippen molar-refractivity contribution >= 4 is 55.3 Å². The van der Waals surface area contributed by atoms with Gasteiger partial charge in [-0.15, -0.1) is 0 Å². The van der Waals surface area contributed by atoms with Gasteiger partial charge in [-0.05, 0) is 135 Å². The smallest absolute Gasteiger partial charge is 0.238 e. The molecule has 0 amide bonds. The highest BCUT2D eigenvalue weighted by atomic mass is 32.2. The Hall–Kier alpha value is -6.30. The van der Waals surface area contributed by atoms with E-state index in [0.29, 0.717) is 39.7 Å². The highest BCUT2D eigenvalue weighted by molar-refractivity contribution is 7.98. The van der Waals surface area contributed by atoms with Gasteiger partial charge in [0.05, 0.1) is 44.4 Å². The van der Waals surface area contributed by atoms with E-state index in [1.54, 1.807) is 47.8 Å². The molecule has 0 atom stereocenters. The van der Waals surface area contributed by atoms with Crippen LogP contribution in [0.3, 0.4) is 0 Å². The molecule has 17 nitrogen and oxygen atoms in total. The second-order valence-electron chi connectivity index (χ2n) is 19.8. The molecule has 10 rings (SSSR count). The Bertz CT molecular complexity index is 3170. The molecule has 6 aromatic rings. The van der Waals surface area contributed by atoms with Gasteiger partial charge >= 0.3 is 0 Å². The van der Waals surface area contributed by atoms with Gasteiger partial charge in [0.15, 0.2) is 9.84 Å². The maximum absolute atomic E-state index is 11.7. The number of piperidine rings is 2. The fourth-order valence-electron chi connectivity index (χ4n) is 9.87. The van der Waals surface area contributed by atoms with Gasteiger partial charge in [-0.2, -0.15) is 44.0 Å². The molecule has 396 valence electrons. The van der Waals surface area contributed by atoms with Gasteiger partial charge in [0, 0.05) is 91.7 Å². The molecule has 4 aromatic carbocycles. The highest BCUT2D eigenvalue weighted by Gasteiger charge is 2.28. The number of benzene rings is 4. The van der Waals surface area contributed by atoms with Crippen LogP contribution in [-0.4, -0.2) is 91.1 Å². The number of nitriles is 2. The van der Waals surface area contributed by atoms with Crippen molar-refractivity contribution < 1.29 is 26.3 Å². The van der Waals surface area contributed by atoms with Crippen molar-refractivity contribution in [1.82, 2.24) is 29.7 Å². The quantitative estimate of drug-likeness (QED) is 0.0920. The van der Waals surface area contributed by atoms with Crippen LogP contribution < -0.4 is 25.2 Å². The Morgan fingerprint density at radius 2 is 0.961 bits per heavy atom. The Morgan fingerprint density at radius 1 is 0.592 bits per heavy atom. The lowest BCUT2D eigenvalue weighted by atomic mass is 10.0. The summed E-state index contributed by atoms with van der Waals surface area (Å²) in [4.78, 5) is 24.4. The number of likely N-dealkylation sites (tertiary alicyclic amines) is 2. The van der Waals surface area contributed by atoms with Crippen molar-refractivity contribution in [2.75, 3.05) is 43.1 Å². The Balaban J connectivity index is 0.000000186. The molecule has 0 bridgehead atoms. The van der Waals surface area contributed by atoms with E-state index in [0.717, 1.165) is 155 Å². The van der Waals surface area contributed by atoms with Gasteiger partial charge < -0.3 is 20.1 Å². The van der Waals surface area contributed by atoms with Crippen LogP contribution in [0.5, 0.6) is 23.3 Å². The van der Waals surface area contributed by atoms with Crippen molar-refractivity contribution in [3.8, 4) is 35.4 Å². The largest absolute Gasteiger partial charge is 0.438 e. The van der Waals surface area contributed by atoms with Crippen LogP contribution >= 0.6 is 23.5 Å². The number of nitrogens with zero attached hydrogens (tertiary/aromatic N) is 8. The number of aromatic nitrogens is 4. The van der Waals surface area contributed by atoms with Gasteiger partial charge in [0.1, 0.15) is 11.5 Å². The van der Waals surface area contributed by atoms with Crippen LogP contribution in [0.1, 0.15) is 92.7 Å². The summed E-state index contributed by atoms with van der Waals surface area (Å²) in [5.41, 5.74) is 11.1. The van der Waals surface area contributed by atoms with Gasteiger partial charge in [-0.25, -0.2) is 31.9 Å². The van der Waals surface area contributed by atoms with Crippen molar-refractivity contribution in [3.05, 3.63) is 140 Å². The summed E-state index contributed by atoms with van der Waals surface area (Å²) in [5, 5.41) is 30.8. The summed E-state index contributed by atoms with van der Waals surface area (Å²) in [6, 6.07) is 26.2. The van der Waals surface area contributed by atoms with Crippen LogP contribution in [0.25, 0.3) is 0 Å². The number of hydrogen-bond acceptors (Lipinski definition) is 18. The average Bonchev–Trinajstić information content (AvgIpc) is 4.08. The minimum atomic E-state index is -3.68. The molecule has 4 aliphatic rings. The first-order chi connectivity index (χ1) is 36.4. The molecule has 2 fully saturated rings. The molecule has 0 aliphatic carbocycles. The SMILES string of the molecule is Cc1cc(C#N)cc(C)c1Oc1nc(NC2CCN(Cc3ccc(S(C)(=O)=O)cc3)CC2)nc2c1CSC2.Cc1cc(C#N)cc(C)c1Oc1nc(NC2CCN(Cc3ccc(S(N)(=O)=O)cc3)CC2)nc2c1CSC2. The minimum absolute atomic E-state index is 0.129. The lowest BCUT2D eigenvalue weighted by Gasteiger charge is -2.32. The third kappa shape index (κ3) is 13.4. The first-order valence-corrected chi connectivity index (χ1v) is 30.9. The predicted octanol–water partition coefficient (Wildman–Crippen LogP) is 9.21. The lowest BCUT2D eigenvalue weighted by molar-refractivity contribution is 0.211. The van der Waals surface area contributed by atoms with E-state index in [2.05, 4.69) is 32.6 Å². The minimum Gasteiger partial charge on any atom is -0.438 e. The number of thioether (sulfide) groups is 2. The van der Waals surface area contributed by atoms with Crippen molar-refractivity contribution in [1.29, 1.82) is 10.5 Å². The highest BCUT2D eigenvalue weighted by Crippen LogP contribution is 2.41. The summed E-state index contributed by atoms with van der Waals surface area (Å²) in [5.74, 6) is 7.14. The molecule has 0 spiro atoms. The van der Waals surface area contributed by atoms with E-state index < -0.39 is 19.9 Å². The first-order valence-electron chi connectivity index (χ1n) is 25.1. The second kappa shape index (κ2) is 23.5. The molecular weight excluding hydrogens is 1040 g/mol. The molecule has 21 heteroatoms. The normalized spacial score (nSPS) is 16.2. The van der Waals surface area contributed by atoms with E-state index in [4.69, 9.17) is 34.5 Å². The second-order valence-corrected chi connectivity index (χ2v) is 25.4. The molecule has 2 aromatic heterocycles. The topological polar surface area (TPSA) is 242 Å². The number of ether oxygens (including phenoxy) is 2. The monoisotopic (exact) mass is 1100 g/mol. The number of nitrogens with two attached hydrogens (primary N) is 1. The maximum atomic E-state index is 11.7. The molecule has 76 heavy (non-hydrogen) atoms. The van der Waals surface area contributed by atoms with Crippen LogP contribution in [0.15, 0.2) is 82.6 Å². The zero-order valence-corrected chi connectivity index (χ0v) is 46.5. The van der Waals surface area contributed by atoms with E-state index in [9.17, 15) is 27.4 Å².